The summed E-state index contributed by atoms with van der Waals surface area (Å²) in [5, 5.41) is 26.3. The van der Waals surface area contributed by atoms with Gasteiger partial charge in [0, 0.05) is 0 Å². The van der Waals surface area contributed by atoms with Gasteiger partial charge in [-0.05, 0) is 18.6 Å². The molecule has 15 heavy (non-hydrogen) atoms. The maximum atomic E-state index is 10.8. The summed E-state index contributed by atoms with van der Waals surface area (Å²) in [7, 11) is 0. The SMILES string of the molecule is Cc1c(C(=O)O)cc(C#N)c(N)c1C#N. The van der Waals surface area contributed by atoms with Crippen molar-refractivity contribution in [3.63, 3.8) is 0 Å². The van der Waals surface area contributed by atoms with E-state index < -0.39 is 5.97 Å². The van der Waals surface area contributed by atoms with E-state index in [-0.39, 0.29) is 27.9 Å². The Morgan fingerprint density at radius 2 is 2.07 bits per heavy atom. The minimum absolute atomic E-state index is 0.00884. The summed E-state index contributed by atoms with van der Waals surface area (Å²) in [6.07, 6.45) is 0. The molecule has 0 unspecified atom stereocenters. The predicted octanol–water partition coefficient (Wildman–Crippen LogP) is 1.02. The lowest BCUT2D eigenvalue weighted by molar-refractivity contribution is 0.0696. The van der Waals surface area contributed by atoms with E-state index in [1.54, 1.807) is 12.1 Å². The van der Waals surface area contributed by atoms with Crippen molar-refractivity contribution in [1.29, 1.82) is 10.5 Å². The van der Waals surface area contributed by atoms with Crippen molar-refractivity contribution in [3.8, 4) is 12.1 Å². The number of anilines is 1. The van der Waals surface area contributed by atoms with E-state index >= 15 is 0 Å². The van der Waals surface area contributed by atoms with E-state index in [0.29, 0.717) is 0 Å². The molecule has 0 amide bonds. The average molecular weight is 201 g/mol. The molecule has 0 aliphatic carbocycles. The second-order valence-electron chi connectivity index (χ2n) is 2.91. The van der Waals surface area contributed by atoms with Crippen LogP contribution in [0.25, 0.3) is 0 Å². The molecule has 3 N–H and O–H groups in total. The Morgan fingerprint density at radius 3 is 2.47 bits per heavy atom. The number of nitriles is 2. The van der Waals surface area contributed by atoms with Crippen LogP contribution in [0.1, 0.15) is 27.0 Å². The van der Waals surface area contributed by atoms with E-state index in [1.807, 2.05) is 0 Å². The van der Waals surface area contributed by atoms with Gasteiger partial charge in [0.2, 0.25) is 0 Å². The second-order valence-corrected chi connectivity index (χ2v) is 2.91. The molecule has 0 aliphatic rings. The Balaban J connectivity index is 3.70. The molecule has 0 saturated carbocycles. The van der Waals surface area contributed by atoms with Gasteiger partial charge in [-0.3, -0.25) is 0 Å². The van der Waals surface area contributed by atoms with Gasteiger partial charge < -0.3 is 10.8 Å². The Labute approximate surface area is 86.0 Å². The molecule has 0 saturated heterocycles. The Bertz CT molecular complexity index is 521. The monoisotopic (exact) mass is 201 g/mol. The lowest BCUT2D eigenvalue weighted by atomic mass is 9.97. The first-order chi connectivity index (χ1) is 7.02. The van der Waals surface area contributed by atoms with Crippen molar-refractivity contribution in [2.24, 2.45) is 0 Å². The van der Waals surface area contributed by atoms with Gasteiger partial charge in [-0.2, -0.15) is 10.5 Å². The normalized spacial score (nSPS) is 9.00. The van der Waals surface area contributed by atoms with Crippen LogP contribution in [-0.4, -0.2) is 11.1 Å². The molecular formula is C10H7N3O2. The molecular weight excluding hydrogens is 194 g/mol. The summed E-state index contributed by atoms with van der Waals surface area (Å²) in [4.78, 5) is 10.8. The standard InChI is InChI=1S/C10H7N3O2/c1-5-7(10(14)15)2-6(3-11)9(13)8(5)4-12/h2H,13H2,1H3,(H,14,15). The van der Waals surface area contributed by atoms with Crippen LogP contribution in [0.3, 0.4) is 0 Å². The Hall–Kier alpha value is -2.53. The number of carboxylic acid groups (broad SMARTS) is 1. The maximum absolute atomic E-state index is 10.8. The third-order valence-corrected chi connectivity index (χ3v) is 2.09. The molecule has 0 bridgehead atoms. The molecule has 0 heterocycles. The number of rotatable bonds is 1. The third-order valence-electron chi connectivity index (χ3n) is 2.09. The van der Waals surface area contributed by atoms with Crippen LogP contribution in [0, 0.1) is 29.6 Å². The van der Waals surface area contributed by atoms with E-state index in [1.165, 1.54) is 13.0 Å². The summed E-state index contributed by atoms with van der Waals surface area (Å²) in [6, 6.07) is 4.72. The largest absolute Gasteiger partial charge is 0.478 e. The van der Waals surface area contributed by atoms with E-state index in [0.717, 1.165) is 0 Å². The summed E-state index contributed by atoms with van der Waals surface area (Å²) >= 11 is 0. The highest BCUT2D eigenvalue weighted by Crippen LogP contribution is 2.24. The van der Waals surface area contributed by atoms with Crippen molar-refractivity contribution in [2.75, 3.05) is 5.73 Å². The lowest BCUT2D eigenvalue weighted by Gasteiger charge is -2.07. The number of carbonyl (C=O) groups is 1. The maximum Gasteiger partial charge on any atom is 0.336 e. The number of nitrogen functional groups attached to an aromatic ring is 1. The highest BCUT2D eigenvalue weighted by atomic mass is 16.4. The van der Waals surface area contributed by atoms with E-state index in [2.05, 4.69) is 0 Å². The number of aromatic carboxylic acids is 1. The zero-order valence-corrected chi connectivity index (χ0v) is 7.90. The molecule has 0 aliphatic heterocycles. The molecule has 1 rings (SSSR count). The zero-order valence-electron chi connectivity index (χ0n) is 7.90. The molecule has 5 heteroatoms. The van der Waals surface area contributed by atoms with Gasteiger partial charge in [-0.1, -0.05) is 0 Å². The average Bonchev–Trinajstić information content (AvgIpc) is 2.18. The summed E-state index contributed by atoms with van der Waals surface area (Å²) < 4.78 is 0. The fourth-order valence-electron chi connectivity index (χ4n) is 1.26. The lowest BCUT2D eigenvalue weighted by Crippen LogP contribution is -2.06. The van der Waals surface area contributed by atoms with Gasteiger partial charge in [0.1, 0.15) is 12.1 Å². The van der Waals surface area contributed by atoms with Crippen molar-refractivity contribution in [3.05, 3.63) is 28.3 Å². The highest BCUT2D eigenvalue weighted by Gasteiger charge is 2.16. The topological polar surface area (TPSA) is 111 Å². The number of hydrogen-bond donors (Lipinski definition) is 2. The Morgan fingerprint density at radius 1 is 1.47 bits per heavy atom. The van der Waals surface area contributed by atoms with Gasteiger partial charge in [0.25, 0.3) is 0 Å². The fraction of sp³-hybridized carbons (Fsp3) is 0.100. The number of nitrogens with two attached hydrogens (primary N) is 1. The number of benzene rings is 1. The van der Waals surface area contributed by atoms with Gasteiger partial charge in [0.05, 0.1) is 22.4 Å². The molecule has 1 aromatic rings. The van der Waals surface area contributed by atoms with Crippen molar-refractivity contribution >= 4 is 11.7 Å². The number of hydrogen-bond acceptors (Lipinski definition) is 4. The summed E-state index contributed by atoms with van der Waals surface area (Å²) in [5.41, 5.74) is 5.83. The van der Waals surface area contributed by atoms with Crippen LogP contribution in [0.15, 0.2) is 6.07 Å². The van der Waals surface area contributed by atoms with Gasteiger partial charge in [-0.15, -0.1) is 0 Å². The first kappa shape index (κ1) is 10.6. The van der Waals surface area contributed by atoms with E-state index in [4.69, 9.17) is 21.4 Å². The predicted molar refractivity (Wildman–Crippen MR) is 52.0 cm³/mol. The van der Waals surface area contributed by atoms with Gasteiger partial charge >= 0.3 is 5.97 Å². The minimum Gasteiger partial charge on any atom is -0.478 e. The summed E-state index contributed by atoms with van der Waals surface area (Å²) in [5.74, 6) is -1.18. The highest BCUT2D eigenvalue weighted by molar-refractivity contribution is 5.92. The zero-order chi connectivity index (χ0) is 11.6. The Kier molecular flexibility index (Phi) is 2.59. The minimum atomic E-state index is -1.18. The van der Waals surface area contributed by atoms with Crippen LogP contribution in [-0.2, 0) is 0 Å². The number of carboxylic acids is 1. The molecule has 74 valence electrons. The second kappa shape index (κ2) is 3.69. The van der Waals surface area contributed by atoms with Crippen molar-refractivity contribution < 1.29 is 9.90 Å². The summed E-state index contributed by atoms with van der Waals surface area (Å²) in [6.45, 7) is 1.49. The third kappa shape index (κ3) is 1.59. The van der Waals surface area contributed by atoms with Crippen molar-refractivity contribution in [1.82, 2.24) is 0 Å². The van der Waals surface area contributed by atoms with E-state index in [9.17, 15) is 4.79 Å². The fourth-order valence-corrected chi connectivity index (χ4v) is 1.26. The van der Waals surface area contributed by atoms with Crippen LogP contribution < -0.4 is 5.73 Å². The first-order valence-electron chi connectivity index (χ1n) is 3.99. The molecule has 1 aromatic carbocycles. The molecule has 5 nitrogen and oxygen atoms in total. The quantitative estimate of drug-likeness (QED) is 0.659. The van der Waals surface area contributed by atoms with Crippen LogP contribution in [0.4, 0.5) is 5.69 Å². The molecule has 0 radical (unpaired) electrons. The molecule has 0 spiro atoms. The van der Waals surface area contributed by atoms with Crippen LogP contribution in [0.2, 0.25) is 0 Å². The van der Waals surface area contributed by atoms with Crippen LogP contribution in [0.5, 0.6) is 0 Å². The van der Waals surface area contributed by atoms with Gasteiger partial charge in [-0.25, -0.2) is 4.79 Å². The molecule has 0 fully saturated rings. The molecule has 0 atom stereocenters. The van der Waals surface area contributed by atoms with Crippen molar-refractivity contribution in [2.45, 2.75) is 6.92 Å². The molecule has 0 aromatic heterocycles. The first-order valence-corrected chi connectivity index (χ1v) is 3.99. The van der Waals surface area contributed by atoms with Crippen LogP contribution >= 0.6 is 0 Å². The smallest absolute Gasteiger partial charge is 0.336 e. The number of nitrogens with zero attached hydrogens (tertiary/aromatic N) is 2. The van der Waals surface area contributed by atoms with Gasteiger partial charge in [0.15, 0.2) is 0 Å².